The van der Waals surface area contributed by atoms with Crippen molar-refractivity contribution in [2.45, 2.75) is 37.9 Å². The molecule has 4 heteroatoms. The van der Waals surface area contributed by atoms with Crippen LogP contribution in [0.25, 0.3) is 0 Å². The number of phenols is 1. The molecule has 0 aliphatic carbocycles. The highest BCUT2D eigenvalue weighted by molar-refractivity contribution is 5.45. The van der Waals surface area contributed by atoms with Crippen LogP contribution in [0.15, 0.2) is 48.5 Å². The molecular weight excluding hydrogens is 324 g/mol. The quantitative estimate of drug-likeness (QED) is 0.896. The highest BCUT2D eigenvalue weighted by atomic mass is 16.5. The molecule has 26 heavy (non-hydrogen) atoms. The Labute approximate surface area is 156 Å². The van der Waals surface area contributed by atoms with E-state index in [0.29, 0.717) is 17.8 Å². The Morgan fingerprint density at radius 2 is 1.92 bits per heavy atom. The van der Waals surface area contributed by atoms with E-state index in [9.17, 15) is 5.11 Å². The summed E-state index contributed by atoms with van der Waals surface area (Å²) in [5.41, 5.74) is 2.34. The molecule has 0 saturated carbocycles. The maximum absolute atomic E-state index is 10.5. The third-order valence-corrected chi connectivity index (χ3v) is 5.90. The number of ether oxygens (including phenoxy) is 1. The number of rotatable bonds is 5. The fraction of sp³-hybridized carbons (Fsp3) is 0.455. The lowest BCUT2D eigenvalue weighted by molar-refractivity contribution is 0.0450. The van der Waals surface area contributed by atoms with Crippen molar-refractivity contribution in [2.24, 2.45) is 0 Å². The van der Waals surface area contributed by atoms with E-state index in [0.717, 1.165) is 31.6 Å². The monoisotopic (exact) mass is 352 g/mol. The lowest BCUT2D eigenvalue weighted by Gasteiger charge is -2.44. The second kappa shape index (κ2) is 7.68. The summed E-state index contributed by atoms with van der Waals surface area (Å²) in [7, 11) is 1.61. The molecule has 1 N–H and O–H groups in total. The van der Waals surface area contributed by atoms with Crippen LogP contribution >= 0.6 is 0 Å². The Balaban J connectivity index is 1.56. The summed E-state index contributed by atoms with van der Waals surface area (Å²) >= 11 is 0. The van der Waals surface area contributed by atoms with Crippen LogP contribution in [0.5, 0.6) is 11.5 Å². The Bertz CT molecular complexity index is 734. The molecule has 2 atom stereocenters. The van der Waals surface area contributed by atoms with Crippen molar-refractivity contribution in [3.8, 4) is 11.5 Å². The molecule has 0 spiro atoms. The Hall–Kier alpha value is -2.04. The number of phenolic OH excluding ortho intramolecular Hbond substituents is 1. The second-order valence-corrected chi connectivity index (χ2v) is 7.53. The summed E-state index contributed by atoms with van der Waals surface area (Å²) < 4.78 is 5.29. The lowest BCUT2D eigenvalue weighted by atomic mass is 9.99. The SMILES string of the molecule is COc1cccc(CN2C[C@@H]3CCCN3C[C@@H]2Cc2ccccc2)c1O. The lowest BCUT2D eigenvalue weighted by Crippen LogP contribution is -2.56. The highest BCUT2D eigenvalue weighted by Crippen LogP contribution is 2.33. The summed E-state index contributed by atoms with van der Waals surface area (Å²) in [6, 6.07) is 17.7. The second-order valence-electron chi connectivity index (χ2n) is 7.53. The van der Waals surface area contributed by atoms with Gasteiger partial charge in [-0.2, -0.15) is 0 Å². The smallest absolute Gasteiger partial charge is 0.162 e. The fourth-order valence-corrected chi connectivity index (χ4v) is 4.50. The minimum absolute atomic E-state index is 0.280. The first-order chi connectivity index (χ1) is 12.7. The van der Waals surface area contributed by atoms with Gasteiger partial charge in [-0.15, -0.1) is 0 Å². The van der Waals surface area contributed by atoms with Gasteiger partial charge in [0, 0.05) is 37.3 Å². The molecule has 2 aliphatic rings. The van der Waals surface area contributed by atoms with E-state index in [1.807, 2.05) is 18.2 Å². The average molecular weight is 352 g/mol. The number of fused-ring (bicyclic) bond motifs is 1. The molecule has 2 aromatic rings. The molecule has 2 heterocycles. The third-order valence-electron chi connectivity index (χ3n) is 5.90. The summed E-state index contributed by atoms with van der Waals surface area (Å²) in [5.74, 6) is 0.837. The Morgan fingerprint density at radius 1 is 1.08 bits per heavy atom. The van der Waals surface area contributed by atoms with E-state index in [2.05, 4.69) is 40.1 Å². The number of nitrogens with zero attached hydrogens (tertiary/aromatic N) is 2. The van der Waals surface area contributed by atoms with Gasteiger partial charge >= 0.3 is 0 Å². The first-order valence-corrected chi connectivity index (χ1v) is 9.61. The summed E-state index contributed by atoms with van der Waals surface area (Å²) in [6.45, 7) is 4.19. The molecule has 0 aromatic heterocycles. The highest BCUT2D eigenvalue weighted by Gasteiger charge is 2.36. The normalized spacial score (nSPS) is 23.7. The zero-order valence-electron chi connectivity index (χ0n) is 15.5. The van der Waals surface area contributed by atoms with E-state index < -0.39 is 0 Å². The van der Waals surface area contributed by atoms with Crippen LogP contribution in [0, 0.1) is 0 Å². The number of hydrogen-bond acceptors (Lipinski definition) is 4. The largest absolute Gasteiger partial charge is 0.504 e. The number of benzene rings is 2. The topological polar surface area (TPSA) is 35.9 Å². The number of hydrogen-bond donors (Lipinski definition) is 1. The third kappa shape index (κ3) is 3.57. The van der Waals surface area contributed by atoms with Crippen molar-refractivity contribution in [1.29, 1.82) is 0 Å². The fourth-order valence-electron chi connectivity index (χ4n) is 4.50. The Kier molecular flexibility index (Phi) is 5.14. The van der Waals surface area contributed by atoms with Crippen LogP contribution in [0.1, 0.15) is 24.0 Å². The maximum atomic E-state index is 10.5. The van der Waals surface area contributed by atoms with Crippen molar-refractivity contribution in [2.75, 3.05) is 26.7 Å². The van der Waals surface area contributed by atoms with E-state index in [1.165, 1.54) is 24.9 Å². The van der Waals surface area contributed by atoms with Crippen LogP contribution < -0.4 is 4.74 Å². The number of methoxy groups -OCH3 is 1. The van der Waals surface area contributed by atoms with Crippen LogP contribution in [0.3, 0.4) is 0 Å². The molecule has 0 unspecified atom stereocenters. The minimum atomic E-state index is 0.280. The van der Waals surface area contributed by atoms with E-state index in [-0.39, 0.29) is 5.75 Å². The van der Waals surface area contributed by atoms with E-state index >= 15 is 0 Å². The predicted octanol–water partition coefficient (Wildman–Crippen LogP) is 3.29. The van der Waals surface area contributed by atoms with Gasteiger partial charge in [0.15, 0.2) is 11.5 Å². The molecular formula is C22H28N2O2. The van der Waals surface area contributed by atoms with Gasteiger partial charge in [0.2, 0.25) is 0 Å². The van der Waals surface area contributed by atoms with Gasteiger partial charge in [0.05, 0.1) is 7.11 Å². The predicted molar refractivity (Wildman–Crippen MR) is 104 cm³/mol. The van der Waals surface area contributed by atoms with E-state index in [4.69, 9.17) is 4.74 Å². The summed E-state index contributed by atoms with van der Waals surface area (Å²) in [5, 5.41) is 10.5. The molecule has 2 aliphatic heterocycles. The molecule has 0 radical (unpaired) electrons. The number of aromatic hydroxyl groups is 1. The van der Waals surface area contributed by atoms with Crippen molar-refractivity contribution >= 4 is 0 Å². The molecule has 138 valence electrons. The summed E-state index contributed by atoms with van der Waals surface area (Å²) in [4.78, 5) is 5.23. The van der Waals surface area contributed by atoms with Gasteiger partial charge in [-0.25, -0.2) is 0 Å². The zero-order valence-corrected chi connectivity index (χ0v) is 15.5. The van der Waals surface area contributed by atoms with Crippen molar-refractivity contribution in [3.05, 3.63) is 59.7 Å². The molecule has 2 saturated heterocycles. The van der Waals surface area contributed by atoms with Gasteiger partial charge in [-0.05, 0) is 37.4 Å². The van der Waals surface area contributed by atoms with Gasteiger partial charge in [0.25, 0.3) is 0 Å². The Morgan fingerprint density at radius 3 is 2.73 bits per heavy atom. The van der Waals surface area contributed by atoms with Crippen LogP contribution in [0.4, 0.5) is 0 Å². The summed E-state index contributed by atoms with van der Waals surface area (Å²) in [6.07, 6.45) is 3.65. The molecule has 0 amide bonds. The number of piperazine rings is 1. The molecule has 0 bridgehead atoms. The van der Waals surface area contributed by atoms with E-state index in [1.54, 1.807) is 7.11 Å². The van der Waals surface area contributed by atoms with Crippen molar-refractivity contribution in [3.63, 3.8) is 0 Å². The maximum Gasteiger partial charge on any atom is 0.162 e. The van der Waals surface area contributed by atoms with Crippen LogP contribution in [-0.4, -0.2) is 53.7 Å². The van der Waals surface area contributed by atoms with Crippen molar-refractivity contribution < 1.29 is 9.84 Å². The molecule has 4 rings (SSSR count). The first-order valence-electron chi connectivity index (χ1n) is 9.61. The van der Waals surface area contributed by atoms with Gasteiger partial charge in [0.1, 0.15) is 0 Å². The van der Waals surface area contributed by atoms with Crippen molar-refractivity contribution in [1.82, 2.24) is 9.80 Å². The molecule has 2 fully saturated rings. The average Bonchev–Trinajstić information content (AvgIpc) is 3.11. The molecule has 2 aromatic carbocycles. The van der Waals surface area contributed by atoms with Crippen LogP contribution in [0.2, 0.25) is 0 Å². The minimum Gasteiger partial charge on any atom is -0.504 e. The van der Waals surface area contributed by atoms with Gasteiger partial charge < -0.3 is 9.84 Å². The zero-order chi connectivity index (χ0) is 17.9. The van der Waals surface area contributed by atoms with Crippen LogP contribution in [-0.2, 0) is 13.0 Å². The van der Waals surface area contributed by atoms with Gasteiger partial charge in [-0.3, -0.25) is 9.80 Å². The molecule has 4 nitrogen and oxygen atoms in total. The standard InChI is InChI=1S/C22H28N2O2/c1-26-21-11-5-9-18(22(21)25)14-24-15-19-10-6-12-23(19)16-20(24)13-17-7-3-2-4-8-17/h2-5,7-9,11,19-20,25H,6,10,12-16H2,1H3/t19-,20-/m0/s1. The number of para-hydroxylation sites is 1. The first kappa shape index (κ1) is 17.4. The van der Waals surface area contributed by atoms with Gasteiger partial charge in [-0.1, -0.05) is 42.5 Å².